The molecule has 5 atom stereocenters. The van der Waals surface area contributed by atoms with E-state index in [2.05, 4.69) is 15.5 Å². The fourth-order valence-corrected chi connectivity index (χ4v) is 5.83. The van der Waals surface area contributed by atoms with Crippen LogP contribution in [-0.4, -0.2) is 75.0 Å². The van der Waals surface area contributed by atoms with Gasteiger partial charge in [-0.3, -0.25) is 23.7 Å². The molecule has 1 aliphatic heterocycles. The average molecular weight is 627 g/mol. The molecule has 1 N–H and O–H groups in total. The number of hydrogen-bond acceptors (Lipinski definition) is 12. The summed E-state index contributed by atoms with van der Waals surface area (Å²) in [6, 6.07) is 16.0. The maximum absolute atomic E-state index is 12.4. The normalized spacial score (nSPS) is 21.2. The molecule has 234 valence electrons. The number of aryl methyl sites for hydroxylation is 1. The standard InChI is InChI=1S/C30H34N4O9S/c1-17-10-9-13-23(14-17)40-16-25-32-33-30(34(25)22-11-7-6-8-12-22)44-29-26(31-18(2)35)28(42-21(5)38)27(41-20(4)37)24(43-29)15-39-19(3)36/h6-14,24,26-29H,15-16H2,1-5H3,(H,31,35)/t24-,26-,27-,28-,29+/m1/s1. The second kappa shape index (κ2) is 14.8. The van der Waals surface area contributed by atoms with E-state index >= 15 is 0 Å². The molecular weight excluding hydrogens is 592 g/mol. The van der Waals surface area contributed by atoms with Gasteiger partial charge in [0.15, 0.2) is 23.2 Å². The lowest BCUT2D eigenvalue weighted by Gasteiger charge is -2.44. The molecule has 13 nitrogen and oxygen atoms in total. The lowest BCUT2D eigenvalue weighted by molar-refractivity contribution is -0.211. The van der Waals surface area contributed by atoms with Crippen molar-refractivity contribution in [2.45, 2.75) is 76.2 Å². The van der Waals surface area contributed by atoms with Crippen molar-refractivity contribution >= 4 is 35.6 Å². The number of esters is 3. The van der Waals surface area contributed by atoms with Gasteiger partial charge in [-0.05, 0) is 36.8 Å². The van der Waals surface area contributed by atoms with Crippen molar-refractivity contribution in [3.63, 3.8) is 0 Å². The van der Waals surface area contributed by atoms with E-state index in [4.69, 9.17) is 23.7 Å². The molecular formula is C30H34N4O9S. The van der Waals surface area contributed by atoms with Gasteiger partial charge in [0, 0.05) is 33.4 Å². The fraction of sp³-hybridized carbons (Fsp3) is 0.400. The van der Waals surface area contributed by atoms with E-state index in [0.29, 0.717) is 16.7 Å². The van der Waals surface area contributed by atoms with Gasteiger partial charge in [0.05, 0.1) is 0 Å². The smallest absolute Gasteiger partial charge is 0.303 e. The number of nitrogens with zero attached hydrogens (tertiary/aromatic N) is 3. The number of benzene rings is 2. The highest BCUT2D eigenvalue weighted by atomic mass is 32.2. The number of aromatic nitrogens is 3. The van der Waals surface area contributed by atoms with Crippen molar-refractivity contribution in [1.29, 1.82) is 0 Å². The Morgan fingerprint density at radius 2 is 1.61 bits per heavy atom. The summed E-state index contributed by atoms with van der Waals surface area (Å²) in [5.41, 5.74) is 0.813. The monoisotopic (exact) mass is 626 g/mol. The number of hydrogen-bond donors (Lipinski definition) is 1. The quantitative estimate of drug-likeness (QED) is 0.246. The van der Waals surface area contributed by atoms with Crippen LogP contribution in [0.3, 0.4) is 0 Å². The predicted octanol–water partition coefficient (Wildman–Crippen LogP) is 2.90. The molecule has 1 saturated heterocycles. The highest BCUT2D eigenvalue weighted by Crippen LogP contribution is 2.36. The van der Waals surface area contributed by atoms with Crippen LogP contribution >= 0.6 is 11.8 Å². The Hall–Kier alpha value is -4.43. The van der Waals surface area contributed by atoms with E-state index in [9.17, 15) is 19.2 Å². The van der Waals surface area contributed by atoms with Crippen molar-refractivity contribution in [1.82, 2.24) is 20.1 Å². The van der Waals surface area contributed by atoms with Gasteiger partial charge >= 0.3 is 17.9 Å². The van der Waals surface area contributed by atoms with Gasteiger partial charge < -0.3 is 29.0 Å². The largest absolute Gasteiger partial charge is 0.486 e. The molecule has 4 rings (SSSR count). The Morgan fingerprint density at radius 1 is 0.909 bits per heavy atom. The van der Waals surface area contributed by atoms with Crippen LogP contribution in [0.25, 0.3) is 5.69 Å². The number of rotatable bonds is 11. The van der Waals surface area contributed by atoms with Crippen molar-refractivity contribution in [2.75, 3.05) is 6.61 Å². The van der Waals surface area contributed by atoms with Gasteiger partial charge in [0.1, 0.15) is 36.5 Å². The zero-order chi connectivity index (χ0) is 31.8. The Labute approximate surface area is 258 Å². The highest BCUT2D eigenvalue weighted by Gasteiger charge is 2.51. The maximum atomic E-state index is 12.4. The molecule has 1 aromatic heterocycles. The summed E-state index contributed by atoms with van der Waals surface area (Å²) in [5.74, 6) is -1.25. The van der Waals surface area contributed by atoms with Gasteiger partial charge in [0.25, 0.3) is 0 Å². The molecule has 0 aliphatic carbocycles. The van der Waals surface area contributed by atoms with Gasteiger partial charge in [-0.15, -0.1) is 10.2 Å². The molecule has 0 bridgehead atoms. The van der Waals surface area contributed by atoms with Crippen LogP contribution in [0.15, 0.2) is 59.8 Å². The second-order valence-electron chi connectivity index (χ2n) is 10.0. The molecule has 1 amide bonds. The molecule has 1 fully saturated rings. The van der Waals surface area contributed by atoms with E-state index in [-0.39, 0.29) is 13.2 Å². The number of nitrogens with one attached hydrogen (secondary N) is 1. The van der Waals surface area contributed by atoms with E-state index in [0.717, 1.165) is 23.0 Å². The van der Waals surface area contributed by atoms with Gasteiger partial charge in [0.2, 0.25) is 5.91 Å². The lowest BCUT2D eigenvalue weighted by Crippen LogP contribution is -2.65. The van der Waals surface area contributed by atoms with Crippen molar-refractivity contribution < 1.29 is 42.9 Å². The summed E-state index contributed by atoms with van der Waals surface area (Å²) in [6.07, 6.45) is -3.44. The van der Waals surface area contributed by atoms with E-state index < -0.39 is 53.6 Å². The minimum absolute atomic E-state index is 0.0895. The van der Waals surface area contributed by atoms with E-state index in [1.54, 1.807) is 4.57 Å². The first-order valence-electron chi connectivity index (χ1n) is 13.8. The van der Waals surface area contributed by atoms with Crippen LogP contribution in [0.1, 0.15) is 39.1 Å². The summed E-state index contributed by atoms with van der Waals surface area (Å²) in [4.78, 5) is 48.3. The van der Waals surface area contributed by atoms with Gasteiger partial charge in [-0.2, -0.15) is 0 Å². The number of ether oxygens (including phenoxy) is 5. The lowest BCUT2D eigenvalue weighted by atomic mass is 9.97. The van der Waals surface area contributed by atoms with Crippen molar-refractivity contribution in [3.8, 4) is 11.4 Å². The fourth-order valence-electron chi connectivity index (χ4n) is 4.65. The van der Waals surface area contributed by atoms with Crippen LogP contribution in [0, 0.1) is 6.92 Å². The third-order valence-corrected chi connectivity index (χ3v) is 7.48. The molecule has 14 heteroatoms. The zero-order valence-corrected chi connectivity index (χ0v) is 25.7. The molecule has 0 spiro atoms. The number of carbonyl (C=O) groups is 4. The third kappa shape index (κ3) is 8.57. The number of amides is 1. The first-order chi connectivity index (χ1) is 21.0. The Morgan fingerprint density at radius 3 is 2.25 bits per heavy atom. The Bertz CT molecular complexity index is 1480. The summed E-state index contributed by atoms with van der Waals surface area (Å²) in [7, 11) is 0. The summed E-state index contributed by atoms with van der Waals surface area (Å²) >= 11 is 1.10. The molecule has 2 aromatic carbocycles. The van der Waals surface area contributed by atoms with Crippen molar-refractivity contribution in [2.24, 2.45) is 0 Å². The number of thioether (sulfide) groups is 1. The maximum Gasteiger partial charge on any atom is 0.303 e. The van der Waals surface area contributed by atoms with Crippen LogP contribution in [-0.2, 0) is 44.7 Å². The first kappa shape index (κ1) is 32.5. The molecule has 0 unspecified atom stereocenters. The second-order valence-corrected chi connectivity index (χ2v) is 11.1. The van der Waals surface area contributed by atoms with Crippen LogP contribution in [0.2, 0.25) is 0 Å². The minimum atomic E-state index is -1.20. The third-order valence-electron chi connectivity index (χ3n) is 6.37. The summed E-state index contributed by atoms with van der Waals surface area (Å²) in [5, 5.41) is 11.9. The predicted molar refractivity (Wildman–Crippen MR) is 157 cm³/mol. The SMILES string of the molecule is CC(=O)N[C@@H]1[C@@H](OC(C)=O)[C@H](OC(C)=O)[C@@H](COC(C)=O)O[C@H]1Sc1nnc(COc2cccc(C)c2)n1-c1ccccc1. The molecule has 2 heterocycles. The molecule has 3 aromatic rings. The zero-order valence-electron chi connectivity index (χ0n) is 24.9. The van der Waals surface area contributed by atoms with Gasteiger partial charge in [-0.1, -0.05) is 42.1 Å². The van der Waals surface area contributed by atoms with Gasteiger partial charge in [-0.25, -0.2) is 0 Å². The Kier molecular flexibility index (Phi) is 11.0. The average Bonchev–Trinajstić information content (AvgIpc) is 3.36. The van der Waals surface area contributed by atoms with E-state index in [1.807, 2.05) is 61.5 Å². The van der Waals surface area contributed by atoms with Crippen LogP contribution in [0.4, 0.5) is 0 Å². The Balaban J connectivity index is 1.73. The molecule has 0 radical (unpaired) electrons. The molecule has 0 saturated carbocycles. The summed E-state index contributed by atoms with van der Waals surface area (Å²) in [6.45, 7) is 6.65. The molecule has 1 aliphatic rings. The topological polar surface area (TPSA) is 157 Å². The molecule has 44 heavy (non-hydrogen) atoms. The highest BCUT2D eigenvalue weighted by molar-refractivity contribution is 7.99. The van der Waals surface area contributed by atoms with E-state index in [1.165, 1.54) is 27.7 Å². The van der Waals surface area contributed by atoms with Crippen LogP contribution < -0.4 is 10.1 Å². The first-order valence-corrected chi connectivity index (χ1v) is 14.7. The number of carbonyl (C=O) groups excluding carboxylic acids is 4. The van der Waals surface area contributed by atoms with Crippen molar-refractivity contribution in [3.05, 3.63) is 66.0 Å². The summed E-state index contributed by atoms with van der Waals surface area (Å²) < 4.78 is 30.4. The van der Waals surface area contributed by atoms with Crippen LogP contribution in [0.5, 0.6) is 5.75 Å². The minimum Gasteiger partial charge on any atom is -0.486 e. The number of para-hydroxylation sites is 1.